The predicted octanol–water partition coefficient (Wildman–Crippen LogP) is 4.78. The average Bonchev–Trinajstić information content (AvgIpc) is 3.20. The summed E-state index contributed by atoms with van der Waals surface area (Å²) in [4.78, 5) is 24.3. The van der Waals surface area contributed by atoms with Crippen molar-refractivity contribution in [1.29, 1.82) is 0 Å². The number of aromatic nitrogens is 3. The van der Waals surface area contributed by atoms with E-state index in [1.165, 1.54) is 5.56 Å². The Morgan fingerprint density at radius 2 is 1.90 bits per heavy atom. The number of hydrogen-bond acceptors (Lipinski definition) is 4. The third-order valence-corrected chi connectivity index (χ3v) is 5.74. The summed E-state index contributed by atoms with van der Waals surface area (Å²) >= 11 is 1.63. The number of H-pyrrole nitrogens is 1. The second-order valence-corrected chi connectivity index (χ2v) is 7.91. The van der Waals surface area contributed by atoms with Crippen LogP contribution in [0.1, 0.15) is 34.3 Å². The fourth-order valence-corrected chi connectivity index (χ4v) is 3.89. The highest BCUT2D eigenvalue weighted by molar-refractivity contribution is 7.98. The Balaban J connectivity index is 1.30. The molecule has 5 nitrogen and oxygen atoms in total. The number of benzene rings is 2. The second kappa shape index (κ2) is 8.92. The van der Waals surface area contributed by atoms with Crippen molar-refractivity contribution in [2.75, 3.05) is 6.54 Å². The summed E-state index contributed by atoms with van der Waals surface area (Å²) in [5, 5.41) is 3.89. The van der Waals surface area contributed by atoms with Gasteiger partial charge in [0.1, 0.15) is 0 Å². The summed E-state index contributed by atoms with van der Waals surface area (Å²) < 4.78 is 0. The predicted molar refractivity (Wildman–Crippen MR) is 117 cm³/mol. The number of aromatic amines is 1. The van der Waals surface area contributed by atoms with Crippen LogP contribution < -0.4 is 5.32 Å². The highest BCUT2D eigenvalue weighted by Crippen LogP contribution is 2.23. The van der Waals surface area contributed by atoms with Crippen molar-refractivity contribution in [1.82, 2.24) is 20.3 Å². The van der Waals surface area contributed by atoms with Gasteiger partial charge in [0.15, 0.2) is 5.16 Å². The molecule has 2 aromatic heterocycles. The van der Waals surface area contributed by atoms with Gasteiger partial charge in [-0.1, -0.05) is 61.2 Å². The second-order valence-electron chi connectivity index (χ2n) is 6.94. The fraction of sp³-hybridized carbons (Fsp3) is 0.174. The minimum atomic E-state index is -0.0447. The monoisotopic (exact) mass is 402 g/mol. The Labute approximate surface area is 174 Å². The van der Waals surface area contributed by atoms with E-state index in [0.717, 1.165) is 27.5 Å². The van der Waals surface area contributed by atoms with Gasteiger partial charge in [-0.05, 0) is 35.2 Å². The molecule has 0 spiro atoms. The molecule has 0 aliphatic heterocycles. The van der Waals surface area contributed by atoms with Crippen molar-refractivity contribution in [2.24, 2.45) is 0 Å². The number of carbonyl (C=O) groups is 1. The Kier molecular flexibility index (Phi) is 5.91. The third kappa shape index (κ3) is 4.84. The molecule has 0 aliphatic rings. The standard InChI is InChI=1S/C23H22N4OS/c1-16(18-5-3-2-4-6-18)13-25-22(28)19-9-7-17(8-10-19)15-29-23-26-20-11-12-24-14-21(20)27-23/h2-12,14,16H,13,15H2,1H3,(H,25,28)(H,26,27)/t16-/m1/s1. The van der Waals surface area contributed by atoms with Crippen molar-refractivity contribution in [3.8, 4) is 0 Å². The van der Waals surface area contributed by atoms with Crippen LogP contribution >= 0.6 is 11.8 Å². The molecule has 29 heavy (non-hydrogen) atoms. The number of imidazole rings is 1. The maximum absolute atomic E-state index is 12.4. The smallest absolute Gasteiger partial charge is 0.251 e. The summed E-state index contributed by atoms with van der Waals surface area (Å²) in [6.45, 7) is 2.73. The SMILES string of the molecule is C[C@H](CNC(=O)c1ccc(CSc2nc3ccncc3[nH]2)cc1)c1ccccc1. The number of hydrogen-bond donors (Lipinski definition) is 2. The van der Waals surface area contributed by atoms with Crippen LogP contribution in [0.15, 0.2) is 78.2 Å². The first-order chi connectivity index (χ1) is 14.2. The summed E-state index contributed by atoms with van der Waals surface area (Å²) in [5.74, 6) is 1.01. The molecule has 0 saturated heterocycles. The van der Waals surface area contributed by atoms with Gasteiger partial charge in [-0.3, -0.25) is 9.78 Å². The Hall–Kier alpha value is -3.12. The molecular weight excluding hydrogens is 380 g/mol. The lowest BCUT2D eigenvalue weighted by molar-refractivity contribution is 0.0951. The van der Waals surface area contributed by atoms with Crippen LogP contribution in [-0.4, -0.2) is 27.4 Å². The topological polar surface area (TPSA) is 70.7 Å². The molecule has 0 radical (unpaired) electrons. The molecule has 1 amide bonds. The highest BCUT2D eigenvalue weighted by atomic mass is 32.2. The van der Waals surface area contributed by atoms with Crippen LogP contribution in [0.2, 0.25) is 0 Å². The molecule has 4 rings (SSSR count). The Morgan fingerprint density at radius 1 is 1.10 bits per heavy atom. The van der Waals surface area contributed by atoms with Gasteiger partial charge >= 0.3 is 0 Å². The number of fused-ring (bicyclic) bond motifs is 1. The molecule has 2 heterocycles. The van der Waals surface area contributed by atoms with Gasteiger partial charge in [-0.2, -0.15) is 0 Å². The summed E-state index contributed by atoms with van der Waals surface area (Å²) in [7, 11) is 0. The first-order valence-electron chi connectivity index (χ1n) is 9.53. The van der Waals surface area contributed by atoms with Crippen LogP contribution in [0.25, 0.3) is 11.0 Å². The van der Waals surface area contributed by atoms with E-state index in [9.17, 15) is 4.79 Å². The molecule has 146 valence electrons. The number of thioether (sulfide) groups is 1. The van der Waals surface area contributed by atoms with Crippen LogP contribution in [0.4, 0.5) is 0 Å². The molecule has 0 saturated carbocycles. The summed E-state index contributed by atoms with van der Waals surface area (Å²) in [5.41, 5.74) is 4.89. The molecule has 1 atom stereocenters. The molecular formula is C23H22N4OS. The van der Waals surface area contributed by atoms with E-state index in [-0.39, 0.29) is 11.8 Å². The largest absolute Gasteiger partial charge is 0.351 e. The Morgan fingerprint density at radius 3 is 2.66 bits per heavy atom. The van der Waals surface area contributed by atoms with Gasteiger partial charge < -0.3 is 10.3 Å². The highest BCUT2D eigenvalue weighted by Gasteiger charge is 2.10. The van der Waals surface area contributed by atoms with E-state index in [2.05, 4.69) is 39.3 Å². The molecule has 6 heteroatoms. The maximum Gasteiger partial charge on any atom is 0.251 e. The van der Waals surface area contributed by atoms with Gasteiger partial charge in [0.2, 0.25) is 0 Å². The molecule has 0 fully saturated rings. The average molecular weight is 403 g/mol. The van der Waals surface area contributed by atoms with Crippen molar-refractivity contribution >= 4 is 28.7 Å². The van der Waals surface area contributed by atoms with E-state index in [4.69, 9.17) is 0 Å². The van der Waals surface area contributed by atoms with Gasteiger partial charge in [-0.15, -0.1) is 0 Å². The van der Waals surface area contributed by atoms with Crippen LogP contribution in [-0.2, 0) is 5.75 Å². The van der Waals surface area contributed by atoms with Crippen LogP contribution in [0.5, 0.6) is 0 Å². The van der Waals surface area contributed by atoms with Gasteiger partial charge in [0.05, 0.1) is 17.2 Å². The molecule has 0 bridgehead atoms. The molecule has 2 aromatic carbocycles. The van der Waals surface area contributed by atoms with Crippen LogP contribution in [0, 0.1) is 0 Å². The number of pyridine rings is 1. The van der Waals surface area contributed by atoms with E-state index in [0.29, 0.717) is 12.1 Å². The van der Waals surface area contributed by atoms with Gasteiger partial charge in [0.25, 0.3) is 5.91 Å². The third-order valence-electron chi connectivity index (χ3n) is 4.79. The van der Waals surface area contributed by atoms with Crippen LogP contribution in [0.3, 0.4) is 0 Å². The van der Waals surface area contributed by atoms with E-state index in [1.54, 1.807) is 24.2 Å². The van der Waals surface area contributed by atoms with Crippen molar-refractivity contribution in [2.45, 2.75) is 23.8 Å². The minimum absolute atomic E-state index is 0.0447. The molecule has 4 aromatic rings. The minimum Gasteiger partial charge on any atom is -0.351 e. The molecule has 2 N–H and O–H groups in total. The lowest BCUT2D eigenvalue weighted by Crippen LogP contribution is -2.27. The maximum atomic E-state index is 12.4. The van der Waals surface area contributed by atoms with E-state index >= 15 is 0 Å². The first-order valence-corrected chi connectivity index (χ1v) is 10.5. The number of nitrogens with zero attached hydrogens (tertiary/aromatic N) is 2. The van der Waals surface area contributed by atoms with Crippen molar-refractivity contribution < 1.29 is 4.79 Å². The van der Waals surface area contributed by atoms with E-state index in [1.807, 2.05) is 48.5 Å². The summed E-state index contributed by atoms with van der Waals surface area (Å²) in [6.07, 6.45) is 3.51. The fourth-order valence-electron chi connectivity index (χ4n) is 3.05. The molecule has 0 aliphatic carbocycles. The number of rotatable bonds is 7. The first kappa shape index (κ1) is 19.2. The quantitative estimate of drug-likeness (QED) is 0.436. The van der Waals surface area contributed by atoms with Crippen molar-refractivity contribution in [3.63, 3.8) is 0 Å². The van der Waals surface area contributed by atoms with Crippen molar-refractivity contribution in [3.05, 3.63) is 89.7 Å². The zero-order chi connectivity index (χ0) is 20.1. The lowest BCUT2D eigenvalue weighted by Gasteiger charge is -2.13. The summed E-state index contributed by atoms with van der Waals surface area (Å²) in [6, 6.07) is 19.8. The van der Waals surface area contributed by atoms with E-state index < -0.39 is 0 Å². The zero-order valence-electron chi connectivity index (χ0n) is 16.1. The molecule has 0 unspecified atom stereocenters. The van der Waals surface area contributed by atoms with Gasteiger partial charge in [-0.25, -0.2) is 4.98 Å². The number of amides is 1. The Bertz CT molecular complexity index is 1060. The lowest BCUT2D eigenvalue weighted by atomic mass is 10.0. The zero-order valence-corrected chi connectivity index (χ0v) is 16.9. The van der Waals surface area contributed by atoms with Gasteiger partial charge in [0, 0.05) is 24.1 Å². The number of nitrogens with one attached hydrogen (secondary N) is 2. The normalized spacial score (nSPS) is 12.0. The number of carbonyl (C=O) groups excluding carboxylic acids is 1.